The molecule has 1 atom stereocenters. The Morgan fingerprint density at radius 3 is 2.06 bits per heavy atom. The third-order valence-corrected chi connectivity index (χ3v) is 4.47. The second kappa shape index (κ2) is 5.08. The van der Waals surface area contributed by atoms with Crippen LogP contribution in [-0.4, -0.2) is 8.42 Å². The Balaban J connectivity index is 2.39. The molecule has 0 radical (unpaired) electrons. The highest BCUT2D eigenvalue weighted by molar-refractivity contribution is 7.91. The van der Waals surface area contributed by atoms with Gasteiger partial charge in [0, 0.05) is 10.6 Å². The summed E-state index contributed by atoms with van der Waals surface area (Å²) in [4.78, 5) is -0.0348. The highest BCUT2D eigenvalue weighted by atomic mass is 35.5. The van der Waals surface area contributed by atoms with Crippen LogP contribution in [0.3, 0.4) is 0 Å². The predicted molar refractivity (Wildman–Crippen MR) is 68.9 cm³/mol. The Bertz CT molecular complexity index is 624. The van der Waals surface area contributed by atoms with Crippen LogP contribution in [0, 0.1) is 0 Å². The fourth-order valence-electron chi connectivity index (χ4n) is 1.52. The van der Waals surface area contributed by atoms with E-state index in [1.807, 2.05) is 0 Å². The smallest absolute Gasteiger partial charge is 0.224 e. The summed E-state index contributed by atoms with van der Waals surface area (Å²) in [5, 5.41) is 0.433. The molecule has 1 unspecified atom stereocenters. The van der Waals surface area contributed by atoms with Gasteiger partial charge in [-0.2, -0.15) is 0 Å². The predicted octanol–water partition coefficient (Wildman–Crippen LogP) is 3.78. The number of alkyl halides is 1. The van der Waals surface area contributed by atoms with Crippen LogP contribution in [0.1, 0.15) is 11.1 Å². The van der Waals surface area contributed by atoms with Gasteiger partial charge in [0.05, 0.1) is 4.90 Å². The van der Waals surface area contributed by atoms with Crippen LogP contribution in [0.15, 0.2) is 59.5 Å². The minimum absolute atomic E-state index is 0.0348. The van der Waals surface area contributed by atoms with Crippen molar-refractivity contribution in [1.29, 1.82) is 0 Å². The summed E-state index contributed by atoms with van der Waals surface area (Å²) in [5.74, 6) is 0. The maximum atomic E-state index is 14.1. The Hall–Kier alpha value is -1.39. The van der Waals surface area contributed by atoms with Gasteiger partial charge < -0.3 is 0 Å². The number of benzene rings is 2. The molecule has 0 spiro atoms. The van der Waals surface area contributed by atoms with E-state index in [1.165, 1.54) is 36.4 Å². The first-order chi connectivity index (χ1) is 8.51. The van der Waals surface area contributed by atoms with Crippen molar-refractivity contribution < 1.29 is 12.8 Å². The van der Waals surface area contributed by atoms with Gasteiger partial charge in [-0.05, 0) is 24.3 Å². The van der Waals surface area contributed by atoms with Gasteiger partial charge in [0.2, 0.25) is 15.3 Å². The lowest BCUT2D eigenvalue weighted by Crippen LogP contribution is -2.09. The highest BCUT2D eigenvalue weighted by Crippen LogP contribution is 2.30. The van der Waals surface area contributed by atoms with Crippen LogP contribution in [0.5, 0.6) is 0 Å². The third-order valence-electron chi connectivity index (χ3n) is 2.48. The molecule has 0 N–H and O–H groups in total. The van der Waals surface area contributed by atoms with Crippen LogP contribution < -0.4 is 0 Å². The first-order valence-electron chi connectivity index (χ1n) is 5.20. The fourth-order valence-corrected chi connectivity index (χ4v) is 2.94. The molecule has 0 fully saturated rings. The summed E-state index contributed by atoms with van der Waals surface area (Å²) in [6, 6.07) is 13.2. The van der Waals surface area contributed by atoms with Gasteiger partial charge >= 0.3 is 0 Å². The van der Waals surface area contributed by atoms with Crippen molar-refractivity contribution in [1.82, 2.24) is 0 Å². The first-order valence-corrected chi connectivity index (χ1v) is 7.13. The quantitative estimate of drug-likeness (QED) is 0.859. The van der Waals surface area contributed by atoms with E-state index in [-0.39, 0.29) is 10.5 Å². The van der Waals surface area contributed by atoms with Crippen LogP contribution in [0.4, 0.5) is 4.39 Å². The molecule has 2 aromatic rings. The van der Waals surface area contributed by atoms with Gasteiger partial charge in [0.25, 0.3) is 0 Å². The molecule has 0 aromatic heterocycles. The molecule has 0 aliphatic heterocycles. The zero-order valence-electron chi connectivity index (χ0n) is 9.25. The van der Waals surface area contributed by atoms with Crippen LogP contribution in [0.2, 0.25) is 5.02 Å². The van der Waals surface area contributed by atoms with Gasteiger partial charge in [0.1, 0.15) is 0 Å². The zero-order valence-corrected chi connectivity index (χ0v) is 10.8. The molecule has 0 saturated heterocycles. The highest BCUT2D eigenvalue weighted by Gasteiger charge is 2.28. The van der Waals surface area contributed by atoms with Gasteiger partial charge in [0.15, 0.2) is 0 Å². The van der Waals surface area contributed by atoms with E-state index in [9.17, 15) is 12.8 Å². The average molecular weight is 285 g/mol. The summed E-state index contributed by atoms with van der Waals surface area (Å²) in [7, 11) is -4.01. The molecule has 0 saturated carbocycles. The van der Waals surface area contributed by atoms with Crippen molar-refractivity contribution >= 4 is 21.4 Å². The SMILES string of the molecule is O=S(=O)(c1ccccc1)C(F)c1ccc(Cl)cc1. The third kappa shape index (κ3) is 2.54. The summed E-state index contributed by atoms with van der Waals surface area (Å²) < 4.78 is 38.1. The summed E-state index contributed by atoms with van der Waals surface area (Å²) in [6.07, 6.45) is 0. The minimum Gasteiger partial charge on any atom is -0.224 e. The van der Waals surface area contributed by atoms with Gasteiger partial charge in [-0.1, -0.05) is 41.9 Å². The normalized spacial score (nSPS) is 13.2. The Morgan fingerprint density at radius 1 is 0.944 bits per heavy atom. The molecular formula is C13H10ClFO2S. The topological polar surface area (TPSA) is 34.1 Å². The van der Waals surface area contributed by atoms with Crippen molar-refractivity contribution in [2.45, 2.75) is 10.4 Å². The van der Waals surface area contributed by atoms with Crippen molar-refractivity contribution in [3.8, 4) is 0 Å². The second-order valence-electron chi connectivity index (χ2n) is 3.73. The summed E-state index contributed by atoms with van der Waals surface area (Å²) >= 11 is 5.68. The van der Waals surface area contributed by atoms with Crippen molar-refractivity contribution in [3.05, 3.63) is 65.2 Å². The molecule has 0 aliphatic carbocycles. The standard InChI is InChI=1S/C13H10ClFO2S/c14-11-8-6-10(7-9-11)13(15)18(16,17)12-4-2-1-3-5-12/h1-9,13H. The number of hydrogen-bond acceptors (Lipinski definition) is 2. The number of sulfone groups is 1. The van der Waals surface area contributed by atoms with Crippen LogP contribution >= 0.6 is 11.6 Å². The van der Waals surface area contributed by atoms with E-state index in [2.05, 4.69) is 0 Å². The van der Waals surface area contributed by atoms with E-state index < -0.39 is 15.3 Å². The fraction of sp³-hybridized carbons (Fsp3) is 0.0769. The Morgan fingerprint density at radius 2 is 1.50 bits per heavy atom. The molecule has 0 aliphatic rings. The summed E-state index contributed by atoms with van der Waals surface area (Å²) in [6.45, 7) is 0. The monoisotopic (exact) mass is 284 g/mol. The van der Waals surface area contributed by atoms with E-state index in [4.69, 9.17) is 11.6 Å². The van der Waals surface area contributed by atoms with E-state index in [0.29, 0.717) is 5.02 Å². The van der Waals surface area contributed by atoms with E-state index in [1.54, 1.807) is 18.2 Å². The van der Waals surface area contributed by atoms with Gasteiger partial charge in [-0.25, -0.2) is 12.8 Å². The molecule has 18 heavy (non-hydrogen) atoms. The minimum atomic E-state index is -4.01. The van der Waals surface area contributed by atoms with E-state index in [0.717, 1.165) is 0 Å². The molecule has 2 aromatic carbocycles. The lowest BCUT2D eigenvalue weighted by molar-refractivity contribution is 0.431. The van der Waals surface area contributed by atoms with Gasteiger partial charge in [-0.3, -0.25) is 0 Å². The lowest BCUT2D eigenvalue weighted by atomic mass is 10.2. The largest absolute Gasteiger partial charge is 0.230 e. The average Bonchev–Trinajstić information content (AvgIpc) is 2.40. The molecule has 2 nitrogen and oxygen atoms in total. The molecular weight excluding hydrogens is 275 g/mol. The van der Waals surface area contributed by atoms with Crippen LogP contribution in [-0.2, 0) is 9.84 Å². The molecule has 0 amide bonds. The second-order valence-corrected chi connectivity index (χ2v) is 6.14. The maximum Gasteiger partial charge on any atom is 0.230 e. The molecule has 2 rings (SSSR count). The summed E-state index contributed by atoms with van der Waals surface area (Å²) in [5.41, 5.74) is -2.01. The van der Waals surface area contributed by atoms with Gasteiger partial charge in [-0.15, -0.1) is 0 Å². The van der Waals surface area contributed by atoms with Crippen LogP contribution in [0.25, 0.3) is 0 Å². The Labute approximate surface area is 110 Å². The maximum absolute atomic E-state index is 14.1. The number of rotatable bonds is 3. The first kappa shape index (κ1) is 13.1. The number of halogens is 2. The molecule has 0 heterocycles. The lowest BCUT2D eigenvalue weighted by Gasteiger charge is -2.10. The molecule has 94 valence electrons. The molecule has 5 heteroatoms. The Kier molecular flexibility index (Phi) is 3.68. The van der Waals surface area contributed by atoms with Crippen molar-refractivity contribution in [2.75, 3.05) is 0 Å². The zero-order chi connectivity index (χ0) is 13.2. The van der Waals surface area contributed by atoms with E-state index >= 15 is 0 Å². The van der Waals surface area contributed by atoms with Crippen molar-refractivity contribution in [3.63, 3.8) is 0 Å². The van der Waals surface area contributed by atoms with Crippen molar-refractivity contribution in [2.24, 2.45) is 0 Å². The molecule has 0 bridgehead atoms. The number of hydrogen-bond donors (Lipinski definition) is 0.